The Labute approximate surface area is 265 Å². The summed E-state index contributed by atoms with van der Waals surface area (Å²) in [6.45, 7) is 9.44. The number of thioether (sulfide) groups is 2. The van der Waals surface area contributed by atoms with Crippen molar-refractivity contribution in [1.82, 2.24) is 14.6 Å². The Morgan fingerprint density at radius 1 is 1.14 bits per heavy atom. The summed E-state index contributed by atoms with van der Waals surface area (Å²) in [5.41, 5.74) is 1.61. The SMILES string of the molecule is CN=C[C@]1(COP(=O)(OCCSC(=O)C(C)(C)C)OCCSC(=O)C(C)(C)C)OC[C@@](O)(c2ccc3c(N)ncnn23)[C@@H]1O. The van der Waals surface area contributed by atoms with E-state index in [2.05, 4.69) is 15.1 Å². The highest BCUT2D eigenvalue weighted by Gasteiger charge is 2.60. The van der Waals surface area contributed by atoms with Crippen LogP contribution in [0.25, 0.3) is 5.52 Å². The van der Waals surface area contributed by atoms with Crippen molar-refractivity contribution in [3.8, 4) is 0 Å². The molecule has 0 bridgehead atoms. The Morgan fingerprint density at radius 2 is 1.70 bits per heavy atom. The van der Waals surface area contributed by atoms with Gasteiger partial charge in [-0.25, -0.2) is 14.1 Å². The van der Waals surface area contributed by atoms with Gasteiger partial charge in [0.25, 0.3) is 0 Å². The van der Waals surface area contributed by atoms with Gasteiger partial charge in [-0.3, -0.25) is 28.2 Å². The summed E-state index contributed by atoms with van der Waals surface area (Å²) in [5.74, 6) is 0.529. The minimum absolute atomic E-state index is 0.0698. The van der Waals surface area contributed by atoms with Gasteiger partial charge in [0.2, 0.25) is 0 Å². The predicted octanol–water partition coefficient (Wildman–Crippen LogP) is 3.10. The second-order valence-electron chi connectivity index (χ2n) is 12.3. The standard InChI is InChI=1S/C27H42N5O9PS2/c1-24(2,3)22(34)43-12-10-39-42(37,40-11-13-44-23(35)25(4,5)6)41-15-26(14-29-7)21(33)27(36,16-38-26)19-9-8-18-20(28)30-17-31-32(18)19/h8-9,14,17,21,33,36H,10-13,15-16H2,1-7H3,(H2,28,30,31)/t21-,26-,27-/m1/s1. The van der Waals surface area contributed by atoms with Gasteiger partial charge in [0.05, 0.1) is 32.1 Å². The quantitative estimate of drug-likeness (QED) is 0.159. The van der Waals surface area contributed by atoms with Gasteiger partial charge < -0.3 is 20.7 Å². The van der Waals surface area contributed by atoms with Crippen LogP contribution >= 0.6 is 31.3 Å². The van der Waals surface area contributed by atoms with Crippen molar-refractivity contribution in [2.45, 2.75) is 58.8 Å². The van der Waals surface area contributed by atoms with Crippen molar-refractivity contribution in [3.63, 3.8) is 0 Å². The third-order valence-electron chi connectivity index (χ3n) is 6.55. The number of aliphatic imine (C=N–C) groups is 1. The number of nitrogens with zero attached hydrogens (tertiary/aromatic N) is 4. The van der Waals surface area contributed by atoms with Crippen LogP contribution in [0.1, 0.15) is 47.2 Å². The third kappa shape index (κ3) is 8.47. The molecule has 1 aliphatic rings. The third-order valence-corrected chi connectivity index (χ3v) is 10.5. The first-order chi connectivity index (χ1) is 20.4. The van der Waals surface area contributed by atoms with E-state index in [1.807, 2.05) is 0 Å². The van der Waals surface area contributed by atoms with Gasteiger partial charge in [0, 0.05) is 35.6 Å². The van der Waals surface area contributed by atoms with Gasteiger partial charge in [-0.05, 0) is 12.1 Å². The highest BCUT2D eigenvalue weighted by Crippen LogP contribution is 2.52. The zero-order chi connectivity index (χ0) is 33.0. The first-order valence-electron chi connectivity index (χ1n) is 13.8. The minimum atomic E-state index is -4.34. The molecular weight excluding hydrogens is 633 g/mol. The average Bonchev–Trinajstić information content (AvgIpc) is 3.49. The number of aromatic nitrogens is 3. The summed E-state index contributed by atoms with van der Waals surface area (Å²) < 4.78 is 37.8. The monoisotopic (exact) mass is 675 g/mol. The average molecular weight is 676 g/mol. The van der Waals surface area contributed by atoms with Gasteiger partial charge in [-0.2, -0.15) is 5.10 Å². The van der Waals surface area contributed by atoms with E-state index in [1.54, 1.807) is 47.6 Å². The van der Waals surface area contributed by atoms with Crippen molar-refractivity contribution in [2.24, 2.45) is 15.8 Å². The van der Waals surface area contributed by atoms with E-state index < -0.39 is 49.2 Å². The molecule has 0 spiro atoms. The lowest BCUT2D eigenvalue weighted by Gasteiger charge is -2.32. The molecule has 1 aliphatic heterocycles. The summed E-state index contributed by atoms with van der Waals surface area (Å²) in [4.78, 5) is 32.5. The van der Waals surface area contributed by atoms with E-state index in [4.69, 9.17) is 24.0 Å². The van der Waals surface area contributed by atoms with Crippen molar-refractivity contribution in [2.75, 3.05) is 50.7 Å². The fourth-order valence-corrected chi connectivity index (χ4v) is 7.11. The van der Waals surface area contributed by atoms with Gasteiger partial charge in [-0.1, -0.05) is 65.1 Å². The minimum Gasteiger partial charge on any atom is -0.386 e. The Bertz CT molecular complexity index is 1370. The second kappa shape index (κ2) is 14.3. The molecule has 1 saturated heterocycles. The number of carbonyl (C=O) groups excluding carboxylic acids is 2. The molecule has 3 heterocycles. The molecule has 0 aliphatic carbocycles. The number of carbonyl (C=O) groups is 2. The molecule has 0 radical (unpaired) electrons. The molecule has 4 N–H and O–H groups in total. The number of aliphatic hydroxyl groups is 2. The van der Waals surface area contributed by atoms with Crippen molar-refractivity contribution in [3.05, 3.63) is 24.2 Å². The Morgan fingerprint density at radius 3 is 2.23 bits per heavy atom. The highest BCUT2D eigenvalue weighted by molar-refractivity contribution is 8.14. The smallest absolute Gasteiger partial charge is 0.386 e. The van der Waals surface area contributed by atoms with Gasteiger partial charge >= 0.3 is 7.82 Å². The van der Waals surface area contributed by atoms with Crippen LogP contribution in [-0.4, -0.2) is 97.9 Å². The molecular formula is C27H42N5O9PS2. The first-order valence-corrected chi connectivity index (χ1v) is 17.3. The van der Waals surface area contributed by atoms with Crippen LogP contribution in [0.4, 0.5) is 5.82 Å². The van der Waals surface area contributed by atoms with Crippen LogP contribution in [0.15, 0.2) is 23.5 Å². The molecule has 14 nitrogen and oxygen atoms in total. The molecule has 246 valence electrons. The number of hydrogen-bond acceptors (Lipinski definition) is 15. The van der Waals surface area contributed by atoms with Gasteiger partial charge in [-0.15, -0.1) is 0 Å². The molecule has 3 atom stereocenters. The number of nitrogens with two attached hydrogens (primary N) is 1. The van der Waals surface area contributed by atoms with Crippen LogP contribution < -0.4 is 5.73 Å². The van der Waals surface area contributed by atoms with E-state index in [0.29, 0.717) is 5.52 Å². The molecule has 0 unspecified atom stereocenters. The maximum Gasteiger partial charge on any atom is 0.474 e. The lowest BCUT2D eigenvalue weighted by Crippen LogP contribution is -2.52. The van der Waals surface area contributed by atoms with Crippen LogP contribution in [0.2, 0.25) is 0 Å². The van der Waals surface area contributed by atoms with Crippen molar-refractivity contribution >= 4 is 59.1 Å². The number of anilines is 1. The maximum absolute atomic E-state index is 13.8. The molecule has 0 amide bonds. The number of rotatable bonds is 13. The first kappa shape index (κ1) is 36.6. The Hall–Kier alpha value is -1.88. The molecule has 1 fully saturated rings. The van der Waals surface area contributed by atoms with Crippen LogP contribution in [0.5, 0.6) is 0 Å². The number of phosphoric acid groups is 1. The van der Waals surface area contributed by atoms with E-state index >= 15 is 0 Å². The lowest BCUT2D eigenvalue weighted by molar-refractivity contribution is -0.118. The zero-order valence-corrected chi connectivity index (χ0v) is 28.5. The Kier molecular flexibility index (Phi) is 11.9. The topological polar surface area (TPSA) is 197 Å². The number of ether oxygens (including phenoxy) is 1. The predicted molar refractivity (Wildman–Crippen MR) is 170 cm³/mol. The maximum atomic E-state index is 13.8. The van der Waals surface area contributed by atoms with E-state index in [1.165, 1.54) is 30.2 Å². The normalized spacial score (nSPS) is 23.2. The second-order valence-corrected chi connectivity index (χ2v) is 16.1. The van der Waals surface area contributed by atoms with E-state index in [0.717, 1.165) is 23.5 Å². The molecule has 2 aromatic rings. The van der Waals surface area contributed by atoms with E-state index in [9.17, 15) is 24.4 Å². The fourth-order valence-electron chi connectivity index (χ4n) is 4.08. The summed E-state index contributed by atoms with van der Waals surface area (Å²) in [7, 11) is -2.90. The fraction of sp³-hybridized carbons (Fsp3) is 0.667. The molecule has 44 heavy (non-hydrogen) atoms. The lowest BCUT2D eigenvalue weighted by atomic mass is 9.86. The molecule has 0 saturated carbocycles. The summed E-state index contributed by atoms with van der Waals surface area (Å²) >= 11 is 2.05. The van der Waals surface area contributed by atoms with Crippen molar-refractivity contribution in [1.29, 1.82) is 0 Å². The zero-order valence-electron chi connectivity index (χ0n) is 26.0. The van der Waals surface area contributed by atoms with Gasteiger partial charge in [0.15, 0.2) is 27.3 Å². The Balaban J connectivity index is 1.78. The van der Waals surface area contributed by atoms with Gasteiger partial charge in [0.1, 0.15) is 17.9 Å². The number of nitrogen functional groups attached to an aromatic ring is 1. The summed E-state index contributed by atoms with van der Waals surface area (Å²) in [5, 5.41) is 27.2. The highest BCUT2D eigenvalue weighted by atomic mass is 32.2. The number of aliphatic hydroxyl groups excluding tert-OH is 1. The van der Waals surface area contributed by atoms with Crippen LogP contribution in [-0.2, 0) is 38.1 Å². The summed E-state index contributed by atoms with van der Waals surface area (Å²) in [6.07, 6.45) is 0.781. The van der Waals surface area contributed by atoms with E-state index in [-0.39, 0.29) is 46.5 Å². The van der Waals surface area contributed by atoms with Crippen LogP contribution in [0.3, 0.4) is 0 Å². The largest absolute Gasteiger partial charge is 0.474 e. The summed E-state index contributed by atoms with van der Waals surface area (Å²) in [6, 6.07) is 3.14. The molecule has 3 rings (SSSR count). The number of hydrogen-bond donors (Lipinski definition) is 3. The number of fused-ring (bicyclic) bond motifs is 1. The number of phosphoric ester groups is 1. The van der Waals surface area contributed by atoms with Crippen LogP contribution in [0, 0.1) is 10.8 Å². The van der Waals surface area contributed by atoms with Crippen molar-refractivity contribution < 1.29 is 42.7 Å². The molecule has 2 aromatic heterocycles. The molecule has 0 aromatic carbocycles. The molecule has 17 heteroatoms.